The minimum absolute atomic E-state index is 0.0939. The predicted molar refractivity (Wildman–Crippen MR) is 105 cm³/mol. The molecule has 0 amide bonds. The van der Waals surface area contributed by atoms with Crippen LogP contribution in [0.3, 0.4) is 0 Å². The van der Waals surface area contributed by atoms with Gasteiger partial charge in [0.05, 0.1) is 11.9 Å². The van der Waals surface area contributed by atoms with Crippen LogP contribution in [0.2, 0.25) is 5.02 Å². The number of aliphatic hydroxyl groups is 1. The third-order valence-corrected chi connectivity index (χ3v) is 5.45. The summed E-state index contributed by atoms with van der Waals surface area (Å²) in [6, 6.07) is 15.1. The molecule has 0 aliphatic rings. The molecule has 2 rings (SSSR count). The Morgan fingerprint density at radius 3 is 2.24 bits per heavy atom. The zero-order chi connectivity index (χ0) is 18.4. The van der Waals surface area contributed by atoms with Crippen LogP contribution in [0.25, 0.3) is 0 Å². The molecule has 25 heavy (non-hydrogen) atoms. The van der Waals surface area contributed by atoms with Gasteiger partial charge in [-0.1, -0.05) is 56.6 Å². The van der Waals surface area contributed by atoms with Gasteiger partial charge >= 0.3 is 0 Å². The second-order valence-electron chi connectivity index (χ2n) is 7.12. The van der Waals surface area contributed by atoms with Gasteiger partial charge in [-0.15, -0.1) is 0 Å². The van der Waals surface area contributed by atoms with E-state index in [0.717, 1.165) is 5.56 Å². The first-order valence-corrected chi connectivity index (χ1v) is 10.1. The van der Waals surface area contributed by atoms with Crippen LogP contribution in [-0.4, -0.2) is 27.8 Å². The van der Waals surface area contributed by atoms with E-state index in [1.54, 1.807) is 12.1 Å². The summed E-state index contributed by atoms with van der Waals surface area (Å²) < 4.78 is 17.7. The first-order chi connectivity index (χ1) is 11.7. The van der Waals surface area contributed by atoms with Crippen LogP contribution in [0.1, 0.15) is 31.9 Å². The molecule has 0 fully saturated rings. The maximum absolute atomic E-state index is 12.1. The summed E-state index contributed by atoms with van der Waals surface area (Å²) in [6.07, 6.45) is -0.768. The van der Waals surface area contributed by atoms with E-state index < -0.39 is 16.9 Å². The van der Waals surface area contributed by atoms with Gasteiger partial charge in [-0.2, -0.15) is 0 Å². The quantitative estimate of drug-likeness (QED) is 0.777. The van der Waals surface area contributed by atoms with Gasteiger partial charge in [0, 0.05) is 21.6 Å². The maximum atomic E-state index is 12.1. The summed E-state index contributed by atoms with van der Waals surface area (Å²) in [5.41, 5.74) is 2.26. The molecule has 0 radical (unpaired) electrons. The van der Waals surface area contributed by atoms with E-state index in [1.807, 2.05) is 36.4 Å². The molecular formula is C20H25ClO3S. The first-order valence-electron chi connectivity index (χ1n) is 8.25. The Balaban J connectivity index is 1.79. The summed E-state index contributed by atoms with van der Waals surface area (Å²) in [7, 11) is -1.15. The van der Waals surface area contributed by atoms with Crippen molar-refractivity contribution in [2.45, 2.75) is 38.0 Å². The Morgan fingerprint density at radius 1 is 1.08 bits per heavy atom. The smallest absolute Gasteiger partial charge is 0.119 e. The number of hydrogen-bond acceptors (Lipinski definition) is 3. The fourth-order valence-corrected chi connectivity index (χ4v) is 3.67. The van der Waals surface area contributed by atoms with Gasteiger partial charge in [-0.3, -0.25) is 4.21 Å². The Labute approximate surface area is 157 Å². The Kier molecular flexibility index (Phi) is 7.05. The molecule has 3 nitrogen and oxygen atoms in total. The number of ether oxygens (including phenoxy) is 1. The van der Waals surface area contributed by atoms with Crippen molar-refractivity contribution in [3.63, 3.8) is 0 Å². The fourth-order valence-electron chi connectivity index (χ4n) is 2.33. The summed E-state index contributed by atoms with van der Waals surface area (Å²) in [6.45, 7) is 6.59. The number of halogens is 1. The van der Waals surface area contributed by atoms with Gasteiger partial charge in [0.1, 0.15) is 12.4 Å². The van der Waals surface area contributed by atoms with Crippen LogP contribution < -0.4 is 4.74 Å². The molecule has 0 bridgehead atoms. The maximum Gasteiger partial charge on any atom is 0.119 e. The number of aliphatic hydroxyl groups excluding tert-OH is 1. The highest BCUT2D eigenvalue weighted by molar-refractivity contribution is 7.84. The van der Waals surface area contributed by atoms with Crippen LogP contribution in [0.5, 0.6) is 5.75 Å². The van der Waals surface area contributed by atoms with E-state index in [-0.39, 0.29) is 17.8 Å². The van der Waals surface area contributed by atoms with Crippen molar-refractivity contribution in [1.29, 1.82) is 0 Å². The van der Waals surface area contributed by atoms with E-state index in [9.17, 15) is 9.32 Å². The molecule has 5 heteroatoms. The van der Waals surface area contributed by atoms with E-state index in [0.29, 0.717) is 16.5 Å². The molecular weight excluding hydrogens is 356 g/mol. The molecule has 1 N–H and O–H groups in total. The summed E-state index contributed by atoms with van der Waals surface area (Å²) in [5.74, 6) is 1.28. The third kappa shape index (κ3) is 6.81. The zero-order valence-electron chi connectivity index (χ0n) is 14.9. The zero-order valence-corrected chi connectivity index (χ0v) is 16.4. The van der Waals surface area contributed by atoms with Gasteiger partial charge in [0.15, 0.2) is 0 Å². The molecule has 2 aromatic rings. The normalized spacial score (nSPS) is 14.1. The Bertz CT molecular complexity index is 690. The second-order valence-corrected chi connectivity index (χ2v) is 9.05. The first kappa shape index (κ1) is 20.0. The van der Waals surface area contributed by atoms with Gasteiger partial charge in [-0.05, 0) is 40.8 Å². The minimum Gasteiger partial charge on any atom is -0.491 e. The minimum atomic E-state index is -1.15. The van der Waals surface area contributed by atoms with Crippen molar-refractivity contribution >= 4 is 22.4 Å². The van der Waals surface area contributed by atoms with Gasteiger partial charge in [0.2, 0.25) is 0 Å². The lowest BCUT2D eigenvalue weighted by molar-refractivity contribution is 0.125. The molecule has 2 aromatic carbocycles. The van der Waals surface area contributed by atoms with Crippen LogP contribution in [0.4, 0.5) is 0 Å². The number of benzene rings is 2. The topological polar surface area (TPSA) is 46.5 Å². The van der Waals surface area contributed by atoms with E-state index >= 15 is 0 Å². The average Bonchev–Trinajstić information content (AvgIpc) is 2.54. The predicted octanol–water partition coefficient (Wildman–Crippen LogP) is 4.33. The largest absolute Gasteiger partial charge is 0.491 e. The monoisotopic (exact) mass is 380 g/mol. The van der Waals surface area contributed by atoms with Crippen molar-refractivity contribution in [3.8, 4) is 5.75 Å². The molecule has 2 atom stereocenters. The van der Waals surface area contributed by atoms with E-state index in [4.69, 9.17) is 16.3 Å². The standard InChI is InChI=1S/C20H25ClO3S/c1-20(2,3)16-6-10-19(11-7-16)24-12-18(22)14-25(23)13-15-4-8-17(21)9-5-15/h4-11,18,22H,12-14H2,1-3H3/t18-,25+/m1/s1. The van der Waals surface area contributed by atoms with Crippen LogP contribution in [0.15, 0.2) is 48.5 Å². The van der Waals surface area contributed by atoms with Crippen molar-refractivity contribution < 1.29 is 14.1 Å². The van der Waals surface area contributed by atoms with Crippen LogP contribution in [-0.2, 0) is 22.0 Å². The summed E-state index contributed by atoms with van der Waals surface area (Å²) >= 11 is 5.83. The molecule has 0 spiro atoms. The molecule has 0 aromatic heterocycles. The van der Waals surface area contributed by atoms with Gasteiger partial charge in [0.25, 0.3) is 0 Å². The lowest BCUT2D eigenvalue weighted by Gasteiger charge is -2.19. The van der Waals surface area contributed by atoms with Crippen LogP contribution in [0, 0.1) is 0 Å². The van der Waals surface area contributed by atoms with E-state index in [1.165, 1.54) is 5.56 Å². The molecule has 0 saturated heterocycles. The van der Waals surface area contributed by atoms with Crippen molar-refractivity contribution in [2.75, 3.05) is 12.4 Å². The Morgan fingerprint density at radius 2 is 1.68 bits per heavy atom. The second kappa shape index (κ2) is 8.84. The fraction of sp³-hybridized carbons (Fsp3) is 0.400. The van der Waals surface area contributed by atoms with E-state index in [2.05, 4.69) is 20.8 Å². The molecule has 0 unspecified atom stereocenters. The highest BCUT2D eigenvalue weighted by Crippen LogP contribution is 2.24. The molecule has 0 saturated carbocycles. The molecule has 0 aliphatic carbocycles. The van der Waals surface area contributed by atoms with Crippen molar-refractivity contribution in [3.05, 3.63) is 64.7 Å². The van der Waals surface area contributed by atoms with Crippen molar-refractivity contribution in [2.24, 2.45) is 0 Å². The number of rotatable bonds is 7. The Hall–Kier alpha value is -1.36. The average molecular weight is 381 g/mol. The number of hydrogen-bond donors (Lipinski definition) is 1. The third-order valence-electron chi connectivity index (χ3n) is 3.78. The molecule has 136 valence electrons. The van der Waals surface area contributed by atoms with Gasteiger partial charge < -0.3 is 9.84 Å². The highest BCUT2D eigenvalue weighted by Gasteiger charge is 2.14. The SMILES string of the molecule is CC(C)(C)c1ccc(OC[C@@H](O)C[S@@](=O)Cc2ccc(Cl)cc2)cc1. The lowest BCUT2D eigenvalue weighted by Crippen LogP contribution is -2.25. The summed E-state index contributed by atoms with van der Waals surface area (Å²) in [5, 5.41) is 10.7. The van der Waals surface area contributed by atoms with Crippen molar-refractivity contribution in [1.82, 2.24) is 0 Å². The molecule has 0 heterocycles. The molecule has 0 aliphatic heterocycles. The highest BCUT2D eigenvalue weighted by atomic mass is 35.5. The van der Waals surface area contributed by atoms with Gasteiger partial charge in [-0.25, -0.2) is 0 Å². The van der Waals surface area contributed by atoms with Crippen LogP contribution >= 0.6 is 11.6 Å². The summed E-state index contributed by atoms with van der Waals surface area (Å²) in [4.78, 5) is 0. The lowest BCUT2D eigenvalue weighted by atomic mass is 9.87.